The fourth-order valence-electron chi connectivity index (χ4n) is 2.18. The molecule has 1 aromatic rings. The first-order chi connectivity index (χ1) is 8.14. The summed E-state index contributed by atoms with van der Waals surface area (Å²) in [6, 6.07) is 7.24. The van der Waals surface area contributed by atoms with Crippen molar-refractivity contribution in [2.45, 2.75) is 31.2 Å². The Morgan fingerprint density at radius 1 is 1.41 bits per heavy atom. The van der Waals surface area contributed by atoms with Crippen molar-refractivity contribution in [1.82, 2.24) is 0 Å². The minimum Gasteiger partial charge on any atom is -0.324 e. The molecule has 1 aromatic carbocycles. The molecule has 0 unspecified atom stereocenters. The molecule has 0 bridgehead atoms. The first-order valence-electron chi connectivity index (χ1n) is 5.81. The summed E-state index contributed by atoms with van der Waals surface area (Å²) in [7, 11) is 0. The van der Waals surface area contributed by atoms with Crippen molar-refractivity contribution in [2.75, 3.05) is 5.32 Å². The molecule has 1 aliphatic rings. The van der Waals surface area contributed by atoms with Crippen LogP contribution in [0.2, 0.25) is 0 Å². The van der Waals surface area contributed by atoms with E-state index < -0.39 is 5.54 Å². The lowest BCUT2D eigenvalue weighted by Gasteiger charge is -2.22. The third kappa shape index (κ3) is 2.48. The zero-order chi connectivity index (χ0) is 12.3. The Balaban J connectivity index is 2.10. The van der Waals surface area contributed by atoms with Crippen LogP contribution in [0.25, 0.3) is 0 Å². The predicted molar refractivity (Wildman–Crippen MR) is 68.4 cm³/mol. The maximum Gasteiger partial charge on any atom is 0.244 e. The number of hydrogen-bond acceptors (Lipinski definition) is 2. The summed E-state index contributed by atoms with van der Waals surface area (Å²) in [5.41, 5.74) is 6.83. The second-order valence-corrected chi connectivity index (χ2v) is 4.54. The highest BCUT2D eigenvalue weighted by Gasteiger charge is 2.36. The van der Waals surface area contributed by atoms with Crippen LogP contribution in [0.1, 0.15) is 31.2 Å². The van der Waals surface area contributed by atoms with Crippen molar-refractivity contribution < 1.29 is 4.79 Å². The summed E-state index contributed by atoms with van der Waals surface area (Å²) < 4.78 is 0. The fourth-order valence-corrected chi connectivity index (χ4v) is 2.18. The van der Waals surface area contributed by atoms with Gasteiger partial charge in [0.1, 0.15) is 0 Å². The van der Waals surface area contributed by atoms with Gasteiger partial charge in [0.25, 0.3) is 0 Å². The molecule has 0 atom stereocenters. The highest BCUT2D eigenvalue weighted by atomic mass is 16.2. The highest BCUT2D eigenvalue weighted by Crippen LogP contribution is 2.28. The van der Waals surface area contributed by atoms with Crippen LogP contribution >= 0.6 is 0 Å². The third-order valence-electron chi connectivity index (χ3n) is 3.24. The molecule has 0 spiro atoms. The molecular formula is C14H16N2O. The van der Waals surface area contributed by atoms with Gasteiger partial charge in [0.05, 0.1) is 5.54 Å². The van der Waals surface area contributed by atoms with E-state index in [0.717, 1.165) is 31.2 Å². The van der Waals surface area contributed by atoms with Gasteiger partial charge in [-0.25, -0.2) is 0 Å². The van der Waals surface area contributed by atoms with E-state index in [4.69, 9.17) is 12.2 Å². The summed E-state index contributed by atoms with van der Waals surface area (Å²) >= 11 is 0. The summed E-state index contributed by atoms with van der Waals surface area (Å²) in [6.45, 7) is 0. The summed E-state index contributed by atoms with van der Waals surface area (Å²) in [5, 5.41) is 2.84. The molecule has 0 radical (unpaired) electrons. The standard InChI is InChI=1S/C14H16N2O/c1-2-11-6-5-7-12(10-11)16-13(17)14(15)8-3-4-9-14/h1,5-7,10H,3-4,8-9,15H2,(H,16,17). The lowest BCUT2D eigenvalue weighted by atomic mass is 9.98. The number of carbonyl (C=O) groups is 1. The zero-order valence-corrected chi connectivity index (χ0v) is 9.70. The van der Waals surface area contributed by atoms with Crippen molar-refractivity contribution in [2.24, 2.45) is 5.73 Å². The SMILES string of the molecule is C#Cc1cccc(NC(=O)C2(N)CCCC2)c1. The number of anilines is 1. The minimum absolute atomic E-state index is 0.107. The number of benzene rings is 1. The van der Waals surface area contributed by atoms with Crippen LogP contribution in [0.5, 0.6) is 0 Å². The molecule has 3 N–H and O–H groups in total. The van der Waals surface area contributed by atoms with E-state index in [9.17, 15) is 4.79 Å². The molecule has 3 nitrogen and oxygen atoms in total. The van der Waals surface area contributed by atoms with Crippen molar-refractivity contribution in [3.8, 4) is 12.3 Å². The Morgan fingerprint density at radius 2 is 2.12 bits per heavy atom. The van der Waals surface area contributed by atoms with E-state index in [1.807, 2.05) is 18.2 Å². The van der Waals surface area contributed by atoms with Gasteiger partial charge < -0.3 is 11.1 Å². The van der Waals surface area contributed by atoms with E-state index in [1.165, 1.54) is 0 Å². The van der Waals surface area contributed by atoms with E-state index in [2.05, 4.69) is 11.2 Å². The second kappa shape index (κ2) is 4.60. The summed E-state index contributed by atoms with van der Waals surface area (Å²) in [5.74, 6) is 2.43. The molecule has 0 saturated heterocycles. The molecule has 0 aliphatic heterocycles. The van der Waals surface area contributed by atoms with Crippen LogP contribution in [0.3, 0.4) is 0 Å². The Labute approximate surface area is 101 Å². The minimum atomic E-state index is -0.702. The number of nitrogens with two attached hydrogens (primary N) is 1. The van der Waals surface area contributed by atoms with E-state index >= 15 is 0 Å². The van der Waals surface area contributed by atoms with Crippen molar-refractivity contribution in [3.63, 3.8) is 0 Å². The molecule has 2 rings (SSSR count). The Morgan fingerprint density at radius 3 is 2.76 bits per heavy atom. The number of nitrogens with one attached hydrogen (secondary N) is 1. The van der Waals surface area contributed by atoms with Crippen LogP contribution in [0.4, 0.5) is 5.69 Å². The van der Waals surface area contributed by atoms with Crippen LogP contribution in [0.15, 0.2) is 24.3 Å². The topological polar surface area (TPSA) is 55.1 Å². The van der Waals surface area contributed by atoms with Gasteiger partial charge >= 0.3 is 0 Å². The third-order valence-corrected chi connectivity index (χ3v) is 3.24. The van der Waals surface area contributed by atoms with E-state index in [1.54, 1.807) is 6.07 Å². The Bertz CT molecular complexity index is 467. The molecule has 17 heavy (non-hydrogen) atoms. The smallest absolute Gasteiger partial charge is 0.244 e. The monoisotopic (exact) mass is 228 g/mol. The van der Waals surface area contributed by atoms with Gasteiger partial charge in [0, 0.05) is 11.3 Å². The molecule has 0 heterocycles. The summed E-state index contributed by atoms with van der Waals surface area (Å²) in [4.78, 5) is 12.0. The second-order valence-electron chi connectivity index (χ2n) is 4.54. The molecule has 1 aliphatic carbocycles. The number of hydrogen-bond donors (Lipinski definition) is 2. The number of terminal acetylenes is 1. The van der Waals surface area contributed by atoms with Crippen molar-refractivity contribution in [1.29, 1.82) is 0 Å². The van der Waals surface area contributed by atoms with Gasteiger partial charge in [-0.05, 0) is 31.0 Å². The van der Waals surface area contributed by atoms with Gasteiger partial charge in [-0.3, -0.25) is 4.79 Å². The van der Waals surface area contributed by atoms with Gasteiger partial charge in [-0.1, -0.05) is 24.8 Å². The number of rotatable bonds is 2. The number of amides is 1. The quantitative estimate of drug-likeness (QED) is 0.759. The highest BCUT2D eigenvalue weighted by molar-refractivity contribution is 5.98. The molecular weight excluding hydrogens is 212 g/mol. The molecule has 88 valence electrons. The Kier molecular flexibility index (Phi) is 3.16. The predicted octanol–water partition coefficient (Wildman–Crippen LogP) is 1.88. The molecule has 1 saturated carbocycles. The maximum atomic E-state index is 12.0. The molecule has 3 heteroatoms. The summed E-state index contributed by atoms with van der Waals surface area (Å²) in [6.07, 6.45) is 8.87. The van der Waals surface area contributed by atoms with Crippen LogP contribution in [0, 0.1) is 12.3 Å². The van der Waals surface area contributed by atoms with Crippen molar-refractivity contribution >= 4 is 11.6 Å². The molecule has 1 fully saturated rings. The first-order valence-corrected chi connectivity index (χ1v) is 5.81. The van der Waals surface area contributed by atoms with Gasteiger partial charge in [0.15, 0.2) is 0 Å². The van der Waals surface area contributed by atoms with E-state index in [-0.39, 0.29) is 5.91 Å². The van der Waals surface area contributed by atoms with Crippen LogP contribution in [-0.2, 0) is 4.79 Å². The Hall–Kier alpha value is -1.79. The van der Waals surface area contributed by atoms with Crippen LogP contribution in [-0.4, -0.2) is 11.4 Å². The first kappa shape index (κ1) is 11.7. The van der Waals surface area contributed by atoms with E-state index in [0.29, 0.717) is 5.69 Å². The molecule has 0 aromatic heterocycles. The largest absolute Gasteiger partial charge is 0.324 e. The lowest BCUT2D eigenvalue weighted by molar-refractivity contribution is -0.121. The maximum absolute atomic E-state index is 12.0. The fraction of sp³-hybridized carbons (Fsp3) is 0.357. The van der Waals surface area contributed by atoms with Gasteiger partial charge in [-0.2, -0.15) is 0 Å². The van der Waals surface area contributed by atoms with Gasteiger partial charge in [-0.15, -0.1) is 6.42 Å². The average molecular weight is 228 g/mol. The van der Waals surface area contributed by atoms with Crippen LogP contribution < -0.4 is 11.1 Å². The molecule has 1 amide bonds. The lowest BCUT2D eigenvalue weighted by Crippen LogP contribution is -2.48. The van der Waals surface area contributed by atoms with Crippen molar-refractivity contribution in [3.05, 3.63) is 29.8 Å². The number of carbonyl (C=O) groups excluding carboxylic acids is 1. The normalized spacial score (nSPS) is 17.4. The average Bonchev–Trinajstić information content (AvgIpc) is 2.78. The van der Waals surface area contributed by atoms with Gasteiger partial charge in [0.2, 0.25) is 5.91 Å². The zero-order valence-electron chi connectivity index (χ0n) is 9.70.